The summed E-state index contributed by atoms with van der Waals surface area (Å²) in [6.45, 7) is 0.861. The van der Waals surface area contributed by atoms with Gasteiger partial charge in [0.2, 0.25) is 0 Å². The normalized spacial score (nSPS) is 16.1. The number of hydrogen-bond acceptors (Lipinski definition) is 6. The van der Waals surface area contributed by atoms with Gasteiger partial charge in [0.15, 0.2) is 17.1 Å². The maximum absolute atomic E-state index is 11.9. The molecule has 7 nitrogen and oxygen atoms in total. The van der Waals surface area contributed by atoms with Gasteiger partial charge in [0.25, 0.3) is 0 Å². The van der Waals surface area contributed by atoms with Gasteiger partial charge in [-0.25, -0.2) is 4.79 Å². The van der Waals surface area contributed by atoms with Crippen molar-refractivity contribution >= 4 is 23.4 Å². The van der Waals surface area contributed by atoms with Crippen LogP contribution in [0, 0.1) is 0 Å². The number of piperidine rings is 1. The number of aromatic carboxylic acids is 1. The Morgan fingerprint density at radius 2 is 1.86 bits per heavy atom. The van der Waals surface area contributed by atoms with E-state index in [-0.39, 0.29) is 17.1 Å². The lowest BCUT2D eigenvalue weighted by molar-refractivity contribution is 0.00740. The molecular weight excluding hydrogens is 382 g/mol. The maximum Gasteiger partial charge on any atom is 0.343 e. The molecule has 8 heteroatoms. The summed E-state index contributed by atoms with van der Waals surface area (Å²) < 4.78 is 5.38. The average Bonchev–Trinajstić information content (AvgIpc) is 3.15. The minimum atomic E-state index is -1.12. The number of benzene rings is 1. The van der Waals surface area contributed by atoms with Crippen LogP contribution in [0.2, 0.25) is 5.02 Å². The van der Waals surface area contributed by atoms with Crippen LogP contribution in [-0.4, -0.2) is 39.4 Å². The number of carboxylic acid groups (broad SMARTS) is 1. The lowest BCUT2D eigenvalue weighted by Gasteiger charge is -2.37. The van der Waals surface area contributed by atoms with Gasteiger partial charge in [0.05, 0.1) is 5.69 Å². The Labute approximate surface area is 166 Å². The number of rotatable bonds is 4. The molecule has 0 atom stereocenters. The van der Waals surface area contributed by atoms with Crippen molar-refractivity contribution in [3.05, 3.63) is 64.9 Å². The van der Waals surface area contributed by atoms with Crippen LogP contribution in [0.5, 0.6) is 0 Å². The quantitative estimate of drug-likeness (QED) is 0.691. The van der Waals surface area contributed by atoms with Crippen LogP contribution < -0.4 is 4.90 Å². The molecule has 1 aliphatic rings. The van der Waals surface area contributed by atoms with E-state index in [2.05, 4.69) is 10.1 Å². The fraction of sp³-hybridized carbons (Fsp3) is 0.250. The monoisotopic (exact) mass is 399 g/mol. The molecule has 4 rings (SSSR count). The van der Waals surface area contributed by atoms with Crippen molar-refractivity contribution in [2.45, 2.75) is 18.4 Å². The van der Waals surface area contributed by atoms with Gasteiger partial charge in [-0.2, -0.15) is 0 Å². The first-order valence-electron chi connectivity index (χ1n) is 8.86. The summed E-state index contributed by atoms with van der Waals surface area (Å²) in [5, 5.41) is 25.3. The van der Waals surface area contributed by atoms with E-state index in [1.165, 1.54) is 0 Å². The SMILES string of the molecule is O=C(O)c1c(N2CCC(O)(c3ccccn3)CC2)noc1-c1ccc(Cl)cc1. The van der Waals surface area contributed by atoms with Gasteiger partial charge in [0.1, 0.15) is 5.60 Å². The third-order valence-electron chi connectivity index (χ3n) is 5.03. The van der Waals surface area contributed by atoms with E-state index in [1.807, 2.05) is 11.0 Å². The molecule has 0 spiro atoms. The van der Waals surface area contributed by atoms with E-state index >= 15 is 0 Å². The van der Waals surface area contributed by atoms with Gasteiger partial charge in [-0.15, -0.1) is 0 Å². The summed E-state index contributed by atoms with van der Waals surface area (Å²) in [5.74, 6) is -0.669. The van der Waals surface area contributed by atoms with Gasteiger partial charge in [-0.1, -0.05) is 22.8 Å². The highest BCUT2D eigenvalue weighted by Crippen LogP contribution is 2.37. The molecule has 2 aromatic heterocycles. The van der Waals surface area contributed by atoms with Crippen LogP contribution in [0.25, 0.3) is 11.3 Å². The highest BCUT2D eigenvalue weighted by molar-refractivity contribution is 6.30. The molecule has 3 heterocycles. The molecule has 0 bridgehead atoms. The van der Waals surface area contributed by atoms with Crippen LogP contribution in [-0.2, 0) is 5.60 Å². The van der Waals surface area contributed by atoms with Crippen molar-refractivity contribution in [2.24, 2.45) is 0 Å². The molecule has 1 aromatic carbocycles. The van der Waals surface area contributed by atoms with Gasteiger partial charge >= 0.3 is 5.97 Å². The van der Waals surface area contributed by atoms with Crippen LogP contribution in [0.4, 0.5) is 5.82 Å². The van der Waals surface area contributed by atoms with Crippen molar-refractivity contribution in [1.29, 1.82) is 0 Å². The summed E-state index contributed by atoms with van der Waals surface area (Å²) in [4.78, 5) is 18.0. The van der Waals surface area contributed by atoms with E-state index in [0.717, 1.165) is 0 Å². The Morgan fingerprint density at radius 1 is 1.14 bits per heavy atom. The van der Waals surface area contributed by atoms with Crippen LogP contribution >= 0.6 is 11.6 Å². The van der Waals surface area contributed by atoms with Crippen molar-refractivity contribution in [1.82, 2.24) is 10.1 Å². The summed E-state index contributed by atoms with van der Waals surface area (Å²) >= 11 is 5.91. The zero-order chi connectivity index (χ0) is 19.7. The molecule has 0 saturated carbocycles. The molecule has 0 aliphatic carbocycles. The van der Waals surface area contributed by atoms with Crippen molar-refractivity contribution < 1.29 is 19.5 Å². The highest BCUT2D eigenvalue weighted by atomic mass is 35.5. The third-order valence-corrected chi connectivity index (χ3v) is 5.28. The number of aromatic nitrogens is 2. The lowest BCUT2D eigenvalue weighted by atomic mass is 9.87. The second-order valence-corrected chi connectivity index (χ2v) is 7.19. The number of aliphatic hydroxyl groups is 1. The number of nitrogens with zero attached hydrogens (tertiary/aromatic N) is 3. The summed E-state index contributed by atoms with van der Waals surface area (Å²) in [6, 6.07) is 12.1. The molecule has 3 aromatic rings. The molecule has 0 unspecified atom stereocenters. The van der Waals surface area contributed by atoms with E-state index in [0.29, 0.717) is 42.2 Å². The Morgan fingerprint density at radius 3 is 2.46 bits per heavy atom. The molecule has 2 N–H and O–H groups in total. The molecule has 28 heavy (non-hydrogen) atoms. The van der Waals surface area contributed by atoms with Crippen LogP contribution in [0.3, 0.4) is 0 Å². The van der Waals surface area contributed by atoms with Crippen LogP contribution in [0.15, 0.2) is 53.2 Å². The molecule has 1 saturated heterocycles. The number of carboxylic acids is 1. The second kappa shape index (κ2) is 7.26. The number of anilines is 1. The topological polar surface area (TPSA) is 99.7 Å². The zero-order valence-electron chi connectivity index (χ0n) is 14.9. The standard InChI is InChI=1S/C20H18ClN3O4/c21-14-6-4-13(5-7-14)17-16(19(25)26)18(23-28-17)24-11-8-20(27,9-12-24)15-3-1-2-10-22-15/h1-7,10,27H,8-9,11-12H2,(H,25,26). The molecular formula is C20H18ClN3O4. The summed E-state index contributed by atoms with van der Waals surface area (Å²) in [7, 11) is 0. The average molecular weight is 400 g/mol. The van der Waals surface area contributed by atoms with Crippen molar-refractivity contribution in [2.75, 3.05) is 18.0 Å². The Bertz CT molecular complexity index is 980. The molecule has 1 fully saturated rings. The van der Waals surface area contributed by atoms with Crippen molar-refractivity contribution in [3.8, 4) is 11.3 Å². The smallest absolute Gasteiger partial charge is 0.343 e. The third kappa shape index (κ3) is 3.34. The zero-order valence-corrected chi connectivity index (χ0v) is 15.6. The van der Waals surface area contributed by atoms with Crippen molar-refractivity contribution in [3.63, 3.8) is 0 Å². The Hall–Kier alpha value is -2.90. The molecule has 0 radical (unpaired) electrons. The van der Waals surface area contributed by atoms with Gasteiger partial charge in [-0.3, -0.25) is 4.98 Å². The molecule has 144 valence electrons. The Balaban J connectivity index is 1.61. The minimum Gasteiger partial charge on any atom is -0.477 e. The fourth-order valence-electron chi connectivity index (χ4n) is 3.47. The van der Waals surface area contributed by atoms with E-state index in [9.17, 15) is 15.0 Å². The number of carbonyl (C=O) groups is 1. The molecule has 0 amide bonds. The van der Waals surface area contributed by atoms with Gasteiger partial charge < -0.3 is 19.6 Å². The summed E-state index contributed by atoms with van der Waals surface area (Å²) in [5.41, 5.74) is 0.174. The maximum atomic E-state index is 11.9. The minimum absolute atomic E-state index is 0.00518. The number of halogens is 1. The van der Waals surface area contributed by atoms with E-state index < -0.39 is 11.6 Å². The molecule has 1 aliphatic heterocycles. The predicted molar refractivity (Wildman–Crippen MR) is 103 cm³/mol. The van der Waals surface area contributed by atoms with Crippen LogP contribution in [0.1, 0.15) is 28.9 Å². The summed E-state index contributed by atoms with van der Waals surface area (Å²) in [6.07, 6.45) is 2.47. The second-order valence-electron chi connectivity index (χ2n) is 6.76. The first-order chi connectivity index (χ1) is 13.5. The number of hydrogen-bond donors (Lipinski definition) is 2. The lowest BCUT2D eigenvalue weighted by Crippen LogP contribution is -2.43. The largest absolute Gasteiger partial charge is 0.477 e. The van der Waals surface area contributed by atoms with Gasteiger partial charge in [-0.05, 0) is 49.2 Å². The highest BCUT2D eigenvalue weighted by Gasteiger charge is 2.37. The predicted octanol–water partition coefficient (Wildman–Crippen LogP) is 3.58. The first kappa shape index (κ1) is 18.5. The van der Waals surface area contributed by atoms with E-state index in [4.69, 9.17) is 16.1 Å². The Kier molecular flexibility index (Phi) is 4.78. The first-order valence-corrected chi connectivity index (χ1v) is 9.23. The number of pyridine rings is 1. The fourth-order valence-corrected chi connectivity index (χ4v) is 3.60. The van der Waals surface area contributed by atoms with E-state index in [1.54, 1.807) is 42.6 Å². The van der Waals surface area contributed by atoms with Gasteiger partial charge in [0, 0.05) is 29.9 Å².